The Morgan fingerprint density at radius 2 is 2.16 bits per heavy atom. The first-order chi connectivity index (χ1) is 9.25. The first-order valence-corrected chi connectivity index (χ1v) is 7.60. The lowest BCUT2D eigenvalue weighted by Crippen LogP contribution is -2.47. The lowest BCUT2D eigenvalue weighted by atomic mass is 10.1. The molecule has 1 aliphatic heterocycles. The highest BCUT2D eigenvalue weighted by Crippen LogP contribution is 2.09. The van der Waals surface area contributed by atoms with Gasteiger partial charge in [0, 0.05) is 24.5 Å². The fourth-order valence-corrected chi connectivity index (χ4v) is 2.88. The van der Waals surface area contributed by atoms with Crippen LogP contribution in [0.1, 0.15) is 12.0 Å². The van der Waals surface area contributed by atoms with Crippen LogP contribution in [0.5, 0.6) is 0 Å². The first-order valence-electron chi connectivity index (χ1n) is 6.44. The number of carbonyl (C=O) groups is 2. The summed E-state index contributed by atoms with van der Waals surface area (Å²) in [5.41, 5.74) is 1.20. The summed E-state index contributed by atoms with van der Waals surface area (Å²) in [7, 11) is 0. The number of hydrogen-bond donors (Lipinski definition) is 2. The largest absolute Gasteiger partial charge is 0.354 e. The minimum Gasteiger partial charge on any atom is -0.354 e. The van der Waals surface area contributed by atoms with Gasteiger partial charge in [0.2, 0.25) is 11.8 Å². The fourth-order valence-electron chi connectivity index (χ4n) is 1.91. The highest BCUT2D eigenvalue weighted by molar-refractivity contribution is 7.99. The van der Waals surface area contributed by atoms with Gasteiger partial charge in [0.25, 0.3) is 0 Å². The molecule has 2 rings (SSSR count). The molecular weight excluding hydrogens is 260 g/mol. The van der Waals surface area contributed by atoms with Crippen LogP contribution in [0.15, 0.2) is 30.3 Å². The molecule has 1 fully saturated rings. The number of hydrogen-bond acceptors (Lipinski definition) is 3. The Bertz CT molecular complexity index is 436. The van der Waals surface area contributed by atoms with Gasteiger partial charge in [0.15, 0.2) is 0 Å². The molecule has 0 bridgehead atoms. The molecule has 0 aliphatic carbocycles. The van der Waals surface area contributed by atoms with Crippen LogP contribution in [0, 0.1) is 0 Å². The molecule has 0 spiro atoms. The molecule has 1 aromatic carbocycles. The summed E-state index contributed by atoms with van der Waals surface area (Å²) in [5, 5.41) is 5.64. The van der Waals surface area contributed by atoms with Gasteiger partial charge in [-0.15, -0.1) is 0 Å². The zero-order chi connectivity index (χ0) is 13.5. The van der Waals surface area contributed by atoms with Gasteiger partial charge in [0.05, 0.1) is 0 Å². The van der Waals surface area contributed by atoms with Crippen molar-refractivity contribution in [2.24, 2.45) is 0 Å². The van der Waals surface area contributed by atoms with Crippen molar-refractivity contribution in [2.45, 2.75) is 18.9 Å². The molecule has 1 unspecified atom stereocenters. The molecule has 5 heteroatoms. The van der Waals surface area contributed by atoms with Crippen molar-refractivity contribution in [1.29, 1.82) is 0 Å². The van der Waals surface area contributed by atoms with Gasteiger partial charge in [-0.25, -0.2) is 0 Å². The molecule has 0 aromatic heterocycles. The number of thioether (sulfide) groups is 1. The predicted molar refractivity (Wildman–Crippen MR) is 77.0 cm³/mol. The lowest BCUT2D eigenvalue weighted by molar-refractivity contribution is -0.128. The fraction of sp³-hybridized carbons (Fsp3) is 0.429. The Morgan fingerprint density at radius 3 is 2.95 bits per heavy atom. The highest BCUT2D eigenvalue weighted by Gasteiger charge is 2.22. The molecule has 102 valence electrons. The number of nitrogens with one attached hydrogen (secondary N) is 2. The maximum Gasteiger partial charge on any atom is 0.243 e. The van der Waals surface area contributed by atoms with E-state index in [0.29, 0.717) is 18.7 Å². The van der Waals surface area contributed by atoms with Gasteiger partial charge in [-0.3, -0.25) is 9.59 Å². The van der Waals surface area contributed by atoms with Crippen molar-refractivity contribution >= 4 is 23.6 Å². The van der Waals surface area contributed by atoms with Crippen molar-refractivity contribution in [1.82, 2.24) is 10.6 Å². The molecule has 1 saturated heterocycles. The molecule has 1 aliphatic rings. The summed E-state index contributed by atoms with van der Waals surface area (Å²) in [5.74, 6) is 1.33. The van der Waals surface area contributed by atoms with Crippen LogP contribution in [0.3, 0.4) is 0 Å². The van der Waals surface area contributed by atoms with Crippen molar-refractivity contribution in [3.63, 3.8) is 0 Å². The second kappa shape index (κ2) is 7.19. The van der Waals surface area contributed by atoms with E-state index < -0.39 is 6.04 Å². The predicted octanol–water partition coefficient (Wildman–Crippen LogP) is 0.967. The van der Waals surface area contributed by atoms with E-state index in [1.54, 1.807) is 11.8 Å². The quantitative estimate of drug-likeness (QED) is 0.863. The van der Waals surface area contributed by atoms with E-state index in [1.165, 1.54) is 5.56 Å². The normalized spacial score (nSPS) is 19.4. The molecule has 2 amide bonds. The van der Waals surface area contributed by atoms with Gasteiger partial charge in [-0.2, -0.15) is 11.8 Å². The van der Waals surface area contributed by atoms with Crippen LogP contribution < -0.4 is 10.6 Å². The summed E-state index contributed by atoms with van der Waals surface area (Å²) >= 11 is 1.64. The zero-order valence-corrected chi connectivity index (χ0v) is 11.5. The summed E-state index contributed by atoms with van der Waals surface area (Å²) in [6, 6.07) is 9.62. The van der Waals surface area contributed by atoms with Crippen LogP contribution in [0.25, 0.3) is 0 Å². The van der Waals surface area contributed by atoms with E-state index in [2.05, 4.69) is 10.6 Å². The number of rotatable bonds is 4. The van der Waals surface area contributed by atoms with Gasteiger partial charge in [-0.05, 0) is 12.0 Å². The molecule has 19 heavy (non-hydrogen) atoms. The van der Waals surface area contributed by atoms with Crippen molar-refractivity contribution in [2.75, 3.05) is 18.1 Å². The molecule has 2 N–H and O–H groups in total. The highest BCUT2D eigenvalue weighted by atomic mass is 32.2. The Morgan fingerprint density at radius 1 is 1.37 bits per heavy atom. The number of amides is 2. The zero-order valence-electron chi connectivity index (χ0n) is 10.7. The molecule has 0 radical (unpaired) electrons. The summed E-state index contributed by atoms with van der Waals surface area (Å²) in [6.45, 7) is 0.597. The average Bonchev–Trinajstić information content (AvgIpc) is 2.64. The maximum absolute atomic E-state index is 11.9. The van der Waals surface area contributed by atoms with E-state index in [9.17, 15) is 9.59 Å². The average molecular weight is 278 g/mol. The molecule has 4 nitrogen and oxygen atoms in total. The van der Waals surface area contributed by atoms with Crippen molar-refractivity contribution in [3.8, 4) is 0 Å². The molecule has 1 atom stereocenters. The standard InChI is InChI=1S/C14H18N2O2S/c17-13-7-9-19-10-12(16-13)14(18)15-8-6-11-4-2-1-3-5-11/h1-5,12H,6-10H2,(H,15,18)(H,16,17). The summed E-state index contributed by atoms with van der Waals surface area (Å²) in [4.78, 5) is 23.3. The third kappa shape index (κ3) is 4.59. The van der Waals surface area contributed by atoms with Crippen molar-refractivity contribution in [3.05, 3.63) is 35.9 Å². The van der Waals surface area contributed by atoms with Gasteiger partial charge >= 0.3 is 0 Å². The van der Waals surface area contributed by atoms with E-state index >= 15 is 0 Å². The number of carbonyl (C=O) groups excluding carboxylic acids is 2. The minimum absolute atomic E-state index is 0.0341. The van der Waals surface area contributed by atoms with Gasteiger partial charge < -0.3 is 10.6 Å². The summed E-state index contributed by atoms with van der Waals surface area (Å²) in [6.07, 6.45) is 1.30. The SMILES string of the molecule is O=C1CCSCC(C(=O)NCCc2ccccc2)N1. The van der Waals surface area contributed by atoms with E-state index in [-0.39, 0.29) is 11.8 Å². The van der Waals surface area contributed by atoms with Gasteiger partial charge in [-0.1, -0.05) is 30.3 Å². The first kappa shape index (κ1) is 13.9. The van der Waals surface area contributed by atoms with E-state index in [1.807, 2.05) is 30.3 Å². The smallest absolute Gasteiger partial charge is 0.243 e. The van der Waals surface area contributed by atoms with E-state index in [0.717, 1.165) is 12.2 Å². The van der Waals surface area contributed by atoms with Crippen LogP contribution in [-0.2, 0) is 16.0 Å². The van der Waals surface area contributed by atoms with Crippen LogP contribution >= 0.6 is 11.8 Å². The Labute approximate surface area is 117 Å². The van der Waals surface area contributed by atoms with Gasteiger partial charge in [0.1, 0.15) is 6.04 Å². The monoisotopic (exact) mass is 278 g/mol. The topological polar surface area (TPSA) is 58.2 Å². The van der Waals surface area contributed by atoms with Crippen molar-refractivity contribution < 1.29 is 9.59 Å². The number of benzene rings is 1. The second-order valence-corrected chi connectivity index (χ2v) is 5.62. The van der Waals surface area contributed by atoms with Crippen LogP contribution in [0.2, 0.25) is 0 Å². The van der Waals surface area contributed by atoms with Crippen LogP contribution in [0.4, 0.5) is 0 Å². The second-order valence-electron chi connectivity index (χ2n) is 4.47. The summed E-state index contributed by atoms with van der Waals surface area (Å²) < 4.78 is 0. The Hall–Kier alpha value is -1.49. The molecular formula is C14H18N2O2S. The Balaban J connectivity index is 1.76. The van der Waals surface area contributed by atoms with Crippen LogP contribution in [-0.4, -0.2) is 35.9 Å². The van der Waals surface area contributed by atoms with E-state index in [4.69, 9.17) is 0 Å². The minimum atomic E-state index is -0.393. The molecule has 1 aromatic rings. The third-order valence-corrected chi connectivity index (χ3v) is 4.03. The molecule has 1 heterocycles. The molecule has 0 saturated carbocycles. The Kier molecular flexibility index (Phi) is 5.27. The lowest BCUT2D eigenvalue weighted by Gasteiger charge is -2.15. The maximum atomic E-state index is 11.9. The third-order valence-electron chi connectivity index (χ3n) is 2.97.